The summed E-state index contributed by atoms with van der Waals surface area (Å²) in [5.74, 6) is 0.425. The number of aromatic nitrogens is 4. The summed E-state index contributed by atoms with van der Waals surface area (Å²) < 4.78 is 14.4. The maximum Gasteiger partial charge on any atom is 0.170 e. The van der Waals surface area contributed by atoms with Crippen molar-refractivity contribution in [2.24, 2.45) is 0 Å². The molecule has 5 nitrogen and oxygen atoms in total. The Hall–Kier alpha value is -1.82. The van der Waals surface area contributed by atoms with Gasteiger partial charge in [-0.05, 0) is 34.7 Å². The van der Waals surface area contributed by atoms with E-state index >= 15 is 0 Å². The number of nitrogens with zero attached hydrogens (tertiary/aromatic N) is 4. The largest absolute Gasteiger partial charge is 0.308 e. The summed E-state index contributed by atoms with van der Waals surface area (Å²) >= 11 is 0. The van der Waals surface area contributed by atoms with E-state index in [9.17, 15) is 4.39 Å². The average Bonchev–Trinajstić information content (AvgIpc) is 2.75. The predicted octanol–water partition coefficient (Wildman–Crippen LogP) is 1.30. The van der Waals surface area contributed by atoms with Gasteiger partial charge in [-0.3, -0.25) is 0 Å². The number of hydrogen-bond donors (Lipinski definition) is 1. The van der Waals surface area contributed by atoms with Crippen molar-refractivity contribution in [3.05, 3.63) is 35.9 Å². The van der Waals surface area contributed by atoms with Gasteiger partial charge < -0.3 is 5.32 Å². The van der Waals surface area contributed by atoms with Gasteiger partial charge in [0.25, 0.3) is 0 Å². The van der Waals surface area contributed by atoms with Gasteiger partial charge in [0.2, 0.25) is 0 Å². The van der Waals surface area contributed by atoms with E-state index < -0.39 is 0 Å². The fraction of sp³-hybridized carbons (Fsp3) is 0.364. The van der Waals surface area contributed by atoms with E-state index in [0.717, 1.165) is 5.69 Å². The van der Waals surface area contributed by atoms with Gasteiger partial charge in [0.1, 0.15) is 5.82 Å². The fourth-order valence-electron chi connectivity index (χ4n) is 1.39. The Balaban J connectivity index is 2.21. The van der Waals surface area contributed by atoms with E-state index in [1.807, 2.05) is 13.8 Å². The Morgan fingerprint density at radius 1 is 1.29 bits per heavy atom. The van der Waals surface area contributed by atoms with E-state index in [-0.39, 0.29) is 5.82 Å². The number of rotatable bonds is 4. The smallest absolute Gasteiger partial charge is 0.170 e. The van der Waals surface area contributed by atoms with Crippen molar-refractivity contribution in [1.29, 1.82) is 0 Å². The highest BCUT2D eigenvalue weighted by atomic mass is 19.1. The van der Waals surface area contributed by atoms with Gasteiger partial charge in [-0.25, -0.2) is 4.39 Å². The predicted molar refractivity (Wildman–Crippen MR) is 61.1 cm³/mol. The average molecular weight is 235 g/mol. The van der Waals surface area contributed by atoms with Gasteiger partial charge >= 0.3 is 0 Å². The van der Waals surface area contributed by atoms with Crippen LogP contribution in [0.3, 0.4) is 0 Å². The molecule has 17 heavy (non-hydrogen) atoms. The Morgan fingerprint density at radius 2 is 2.00 bits per heavy atom. The highest BCUT2D eigenvalue weighted by Gasteiger charge is 2.08. The Kier molecular flexibility index (Phi) is 3.43. The molecule has 0 saturated carbocycles. The number of halogens is 1. The molecule has 0 bridgehead atoms. The molecule has 1 heterocycles. The van der Waals surface area contributed by atoms with Crippen molar-refractivity contribution in [3.63, 3.8) is 0 Å². The molecule has 1 aromatic carbocycles. The molecule has 0 atom stereocenters. The third-order valence-electron chi connectivity index (χ3n) is 2.27. The lowest BCUT2D eigenvalue weighted by Gasteiger charge is -2.08. The molecule has 0 spiro atoms. The molecule has 0 aliphatic heterocycles. The van der Waals surface area contributed by atoms with Gasteiger partial charge in [0, 0.05) is 6.04 Å². The second-order valence-corrected chi connectivity index (χ2v) is 4.02. The summed E-state index contributed by atoms with van der Waals surface area (Å²) in [6.45, 7) is 4.67. The maximum atomic E-state index is 12.8. The van der Waals surface area contributed by atoms with Crippen LogP contribution in [0.1, 0.15) is 19.7 Å². The van der Waals surface area contributed by atoms with Crippen LogP contribution in [0.5, 0.6) is 0 Å². The molecule has 0 aliphatic carbocycles. The highest BCUT2D eigenvalue weighted by Crippen LogP contribution is 2.08. The zero-order chi connectivity index (χ0) is 12.3. The van der Waals surface area contributed by atoms with Gasteiger partial charge in [-0.2, -0.15) is 4.68 Å². The topological polar surface area (TPSA) is 55.6 Å². The van der Waals surface area contributed by atoms with Crippen LogP contribution in [0.15, 0.2) is 24.3 Å². The van der Waals surface area contributed by atoms with Crippen LogP contribution in [0.25, 0.3) is 5.69 Å². The summed E-state index contributed by atoms with van der Waals surface area (Å²) in [6, 6.07) is 6.41. The molecule has 0 unspecified atom stereocenters. The number of benzene rings is 1. The summed E-state index contributed by atoms with van der Waals surface area (Å²) in [7, 11) is 0. The minimum Gasteiger partial charge on any atom is -0.308 e. The van der Waals surface area contributed by atoms with Crippen LogP contribution in [0, 0.1) is 5.82 Å². The molecule has 0 amide bonds. The second kappa shape index (κ2) is 5.01. The molecule has 90 valence electrons. The summed E-state index contributed by atoms with van der Waals surface area (Å²) in [4.78, 5) is 0. The van der Waals surface area contributed by atoms with Gasteiger partial charge in [-0.15, -0.1) is 5.10 Å². The molecule has 0 fully saturated rings. The minimum absolute atomic E-state index is 0.274. The maximum absolute atomic E-state index is 12.8. The lowest BCUT2D eigenvalue weighted by molar-refractivity contribution is 0.563. The molecule has 0 radical (unpaired) electrons. The SMILES string of the molecule is CC(C)NCc1nnnn1-c1ccc(F)cc1. The fourth-order valence-corrected chi connectivity index (χ4v) is 1.39. The number of nitrogens with one attached hydrogen (secondary N) is 1. The number of hydrogen-bond acceptors (Lipinski definition) is 4. The van der Waals surface area contributed by atoms with Crippen LogP contribution in [-0.2, 0) is 6.54 Å². The monoisotopic (exact) mass is 235 g/mol. The summed E-state index contributed by atoms with van der Waals surface area (Å²) in [6.07, 6.45) is 0. The quantitative estimate of drug-likeness (QED) is 0.867. The van der Waals surface area contributed by atoms with Crippen molar-refractivity contribution in [1.82, 2.24) is 25.5 Å². The van der Waals surface area contributed by atoms with Gasteiger partial charge in [0.15, 0.2) is 5.82 Å². The first-order chi connectivity index (χ1) is 8.16. The van der Waals surface area contributed by atoms with Crippen molar-refractivity contribution in [2.75, 3.05) is 0 Å². The third-order valence-corrected chi connectivity index (χ3v) is 2.27. The Morgan fingerprint density at radius 3 is 2.65 bits per heavy atom. The molecular formula is C11H14FN5. The van der Waals surface area contributed by atoms with E-state index in [1.165, 1.54) is 12.1 Å². The zero-order valence-electron chi connectivity index (χ0n) is 9.76. The standard InChI is InChI=1S/C11H14FN5/c1-8(2)13-7-11-14-15-16-17(11)10-5-3-9(12)4-6-10/h3-6,8,13H,7H2,1-2H3. The molecule has 1 aromatic heterocycles. The van der Waals surface area contributed by atoms with Crippen LogP contribution in [-0.4, -0.2) is 26.2 Å². The minimum atomic E-state index is -0.274. The zero-order valence-corrected chi connectivity index (χ0v) is 9.76. The molecule has 0 saturated heterocycles. The van der Waals surface area contributed by atoms with Crippen LogP contribution >= 0.6 is 0 Å². The molecule has 2 aromatic rings. The third kappa shape index (κ3) is 2.85. The lowest BCUT2D eigenvalue weighted by Crippen LogP contribution is -2.24. The normalized spacial score (nSPS) is 11.1. The van der Waals surface area contributed by atoms with Crippen molar-refractivity contribution >= 4 is 0 Å². The van der Waals surface area contributed by atoms with Crippen LogP contribution < -0.4 is 5.32 Å². The van der Waals surface area contributed by atoms with E-state index in [0.29, 0.717) is 18.4 Å². The van der Waals surface area contributed by atoms with Crippen molar-refractivity contribution in [3.8, 4) is 5.69 Å². The first-order valence-electron chi connectivity index (χ1n) is 5.43. The van der Waals surface area contributed by atoms with Crippen LogP contribution in [0.2, 0.25) is 0 Å². The van der Waals surface area contributed by atoms with Crippen LogP contribution in [0.4, 0.5) is 4.39 Å². The summed E-state index contributed by atoms with van der Waals surface area (Å²) in [5, 5.41) is 14.7. The second-order valence-electron chi connectivity index (χ2n) is 4.02. The molecule has 2 rings (SSSR count). The van der Waals surface area contributed by atoms with Gasteiger partial charge in [0.05, 0.1) is 12.2 Å². The molecule has 0 aliphatic rings. The van der Waals surface area contributed by atoms with E-state index in [4.69, 9.17) is 0 Å². The molecule has 1 N–H and O–H groups in total. The van der Waals surface area contributed by atoms with Gasteiger partial charge in [-0.1, -0.05) is 13.8 Å². The Bertz CT molecular complexity index is 477. The first kappa shape index (κ1) is 11.7. The first-order valence-corrected chi connectivity index (χ1v) is 5.43. The van der Waals surface area contributed by atoms with E-state index in [2.05, 4.69) is 20.8 Å². The summed E-state index contributed by atoms with van der Waals surface area (Å²) in [5.41, 5.74) is 0.747. The lowest BCUT2D eigenvalue weighted by atomic mass is 10.3. The van der Waals surface area contributed by atoms with Crippen molar-refractivity contribution < 1.29 is 4.39 Å². The molecular weight excluding hydrogens is 221 g/mol. The van der Waals surface area contributed by atoms with E-state index in [1.54, 1.807) is 16.8 Å². The highest BCUT2D eigenvalue weighted by molar-refractivity contribution is 5.31. The Labute approximate surface area is 98.6 Å². The molecule has 6 heteroatoms. The van der Waals surface area contributed by atoms with Crippen molar-refractivity contribution in [2.45, 2.75) is 26.4 Å². The number of tetrazole rings is 1.